The monoisotopic (exact) mass is 307 g/mol. The summed E-state index contributed by atoms with van der Waals surface area (Å²) in [6.07, 6.45) is 6.14. The van der Waals surface area contributed by atoms with E-state index in [1.807, 2.05) is 0 Å². The van der Waals surface area contributed by atoms with E-state index in [4.69, 9.17) is 0 Å². The van der Waals surface area contributed by atoms with Crippen molar-refractivity contribution < 1.29 is 4.21 Å². The van der Waals surface area contributed by atoms with Gasteiger partial charge in [0.15, 0.2) is 0 Å². The molecule has 0 spiro atoms. The van der Waals surface area contributed by atoms with Gasteiger partial charge in [-0.05, 0) is 49.9 Å². The Morgan fingerprint density at radius 1 is 1.19 bits per heavy atom. The Morgan fingerprint density at radius 2 is 1.90 bits per heavy atom. The van der Waals surface area contributed by atoms with Crippen molar-refractivity contribution in [3.8, 4) is 0 Å². The molecule has 0 amide bonds. The van der Waals surface area contributed by atoms with Crippen molar-refractivity contribution in [2.45, 2.75) is 64.2 Å². The largest absolute Gasteiger partial charge is 0.309 e. The van der Waals surface area contributed by atoms with Crippen molar-refractivity contribution in [2.24, 2.45) is 0 Å². The van der Waals surface area contributed by atoms with Crippen LogP contribution in [0.2, 0.25) is 0 Å². The molecular weight excluding hydrogens is 278 g/mol. The van der Waals surface area contributed by atoms with Gasteiger partial charge < -0.3 is 5.32 Å². The first-order valence-electron chi connectivity index (χ1n) is 8.29. The Labute approximate surface area is 132 Å². The molecule has 0 radical (unpaired) electrons. The van der Waals surface area contributed by atoms with Crippen molar-refractivity contribution >= 4 is 10.8 Å². The zero-order chi connectivity index (χ0) is 15.2. The van der Waals surface area contributed by atoms with Gasteiger partial charge in [0.25, 0.3) is 0 Å². The summed E-state index contributed by atoms with van der Waals surface area (Å²) >= 11 is 0. The van der Waals surface area contributed by atoms with Gasteiger partial charge in [-0.15, -0.1) is 0 Å². The van der Waals surface area contributed by atoms with Crippen LogP contribution in [0.3, 0.4) is 0 Å². The molecule has 1 saturated carbocycles. The van der Waals surface area contributed by atoms with E-state index in [0.29, 0.717) is 5.25 Å². The lowest BCUT2D eigenvalue weighted by Crippen LogP contribution is -2.30. The lowest BCUT2D eigenvalue weighted by molar-refractivity contribution is 0.501. The van der Waals surface area contributed by atoms with Crippen LogP contribution in [0.1, 0.15) is 61.8 Å². The summed E-state index contributed by atoms with van der Waals surface area (Å²) in [4.78, 5) is 0. The van der Waals surface area contributed by atoms with Gasteiger partial charge in [0, 0.05) is 27.8 Å². The molecule has 0 saturated heterocycles. The minimum absolute atomic E-state index is 0.219. The second-order valence-electron chi connectivity index (χ2n) is 6.26. The molecular formula is C18H29NOS. The van der Waals surface area contributed by atoms with Gasteiger partial charge in [-0.3, -0.25) is 4.21 Å². The summed E-state index contributed by atoms with van der Waals surface area (Å²) < 4.78 is 12.7. The fourth-order valence-corrected chi connectivity index (χ4v) is 4.90. The highest BCUT2D eigenvalue weighted by Gasteiger charge is 2.23. The summed E-state index contributed by atoms with van der Waals surface area (Å²) in [6.45, 7) is 7.33. The summed E-state index contributed by atoms with van der Waals surface area (Å²) in [5, 5.41) is 3.95. The van der Waals surface area contributed by atoms with E-state index < -0.39 is 10.8 Å². The molecule has 2 atom stereocenters. The van der Waals surface area contributed by atoms with Crippen molar-refractivity contribution in [1.82, 2.24) is 5.32 Å². The Hall–Kier alpha value is -0.670. The molecule has 1 aromatic carbocycles. The van der Waals surface area contributed by atoms with Crippen LogP contribution in [0.5, 0.6) is 0 Å². The van der Waals surface area contributed by atoms with Gasteiger partial charge in [0.05, 0.1) is 0 Å². The third-order valence-corrected chi connectivity index (χ3v) is 6.52. The van der Waals surface area contributed by atoms with Gasteiger partial charge in [-0.25, -0.2) is 0 Å². The quantitative estimate of drug-likeness (QED) is 0.859. The molecule has 0 heterocycles. The highest BCUT2D eigenvalue weighted by Crippen LogP contribution is 2.25. The third kappa shape index (κ3) is 4.65. The highest BCUT2D eigenvalue weighted by atomic mass is 32.2. The van der Waals surface area contributed by atoms with E-state index in [2.05, 4.69) is 44.3 Å². The molecule has 1 aliphatic carbocycles. The Bertz CT molecular complexity index is 480. The van der Waals surface area contributed by atoms with E-state index in [0.717, 1.165) is 25.1 Å². The van der Waals surface area contributed by atoms with Crippen LogP contribution in [-0.2, 0) is 10.8 Å². The second-order valence-corrected chi connectivity index (χ2v) is 8.02. The topological polar surface area (TPSA) is 29.1 Å². The molecule has 1 N–H and O–H groups in total. The van der Waals surface area contributed by atoms with E-state index in [1.165, 1.54) is 36.0 Å². The minimum atomic E-state index is -0.713. The van der Waals surface area contributed by atoms with Crippen molar-refractivity contribution in [1.29, 1.82) is 0 Å². The van der Waals surface area contributed by atoms with Gasteiger partial charge in [-0.1, -0.05) is 44.4 Å². The molecule has 2 nitrogen and oxygen atoms in total. The molecule has 21 heavy (non-hydrogen) atoms. The number of aryl methyl sites for hydroxylation is 2. The van der Waals surface area contributed by atoms with Crippen LogP contribution in [0.15, 0.2) is 18.2 Å². The van der Waals surface area contributed by atoms with Crippen molar-refractivity contribution in [2.75, 3.05) is 12.3 Å². The summed E-state index contributed by atoms with van der Waals surface area (Å²) in [5.41, 5.74) is 3.92. The maximum atomic E-state index is 12.7. The normalized spacial score (nSPS) is 19.4. The lowest BCUT2D eigenvalue weighted by atomic mass is 10.0. The van der Waals surface area contributed by atoms with E-state index >= 15 is 0 Å². The van der Waals surface area contributed by atoms with Crippen LogP contribution in [-0.4, -0.2) is 21.8 Å². The number of hydrogen-bond acceptors (Lipinski definition) is 2. The fourth-order valence-electron chi connectivity index (χ4n) is 3.13. The molecule has 0 aliphatic heterocycles. The Kier molecular flexibility index (Phi) is 6.43. The maximum Gasteiger partial charge on any atom is 0.0436 e. The SMILES string of the molecule is CCNC(CS(=O)C1CCCCC1)c1ccc(C)c(C)c1. The van der Waals surface area contributed by atoms with Crippen LogP contribution in [0.4, 0.5) is 0 Å². The first-order valence-corrected chi connectivity index (χ1v) is 9.67. The molecule has 1 aliphatic rings. The zero-order valence-electron chi connectivity index (χ0n) is 13.7. The zero-order valence-corrected chi connectivity index (χ0v) is 14.5. The van der Waals surface area contributed by atoms with Crippen LogP contribution in [0, 0.1) is 13.8 Å². The van der Waals surface area contributed by atoms with Gasteiger partial charge >= 0.3 is 0 Å². The van der Waals surface area contributed by atoms with Gasteiger partial charge in [-0.2, -0.15) is 0 Å². The van der Waals surface area contributed by atoms with Crippen molar-refractivity contribution in [3.05, 3.63) is 34.9 Å². The molecule has 1 fully saturated rings. The standard InChI is InChI=1S/C18H29NOS/c1-4-19-18(16-11-10-14(2)15(3)12-16)13-21(20)17-8-6-5-7-9-17/h10-12,17-19H,4-9,13H2,1-3H3. The number of nitrogens with one attached hydrogen (secondary N) is 1. The lowest BCUT2D eigenvalue weighted by Gasteiger charge is -2.25. The summed E-state index contributed by atoms with van der Waals surface area (Å²) in [5.74, 6) is 0.751. The summed E-state index contributed by atoms with van der Waals surface area (Å²) in [6, 6.07) is 6.84. The van der Waals surface area contributed by atoms with Gasteiger partial charge in [0.1, 0.15) is 0 Å². The summed E-state index contributed by atoms with van der Waals surface area (Å²) in [7, 11) is -0.713. The smallest absolute Gasteiger partial charge is 0.0436 e. The number of rotatable bonds is 6. The van der Waals surface area contributed by atoms with E-state index in [1.54, 1.807) is 0 Å². The number of benzene rings is 1. The molecule has 0 aromatic heterocycles. The minimum Gasteiger partial charge on any atom is -0.309 e. The molecule has 118 valence electrons. The van der Waals surface area contributed by atoms with Crippen LogP contribution < -0.4 is 5.32 Å². The average Bonchev–Trinajstić information content (AvgIpc) is 2.50. The molecule has 2 rings (SSSR count). The first kappa shape index (κ1) is 16.7. The van der Waals surface area contributed by atoms with Gasteiger partial charge in [0.2, 0.25) is 0 Å². The molecule has 1 aromatic rings. The van der Waals surface area contributed by atoms with Crippen LogP contribution >= 0.6 is 0 Å². The van der Waals surface area contributed by atoms with E-state index in [-0.39, 0.29) is 6.04 Å². The third-order valence-electron chi connectivity index (χ3n) is 4.64. The Morgan fingerprint density at radius 3 is 2.52 bits per heavy atom. The predicted octanol–water partition coefficient (Wildman–Crippen LogP) is 4.04. The molecule has 3 heteroatoms. The maximum absolute atomic E-state index is 12.7. The Balaban J connectivity index is 2.07. The molecule has 2 unspecified atom stereocenters. The average molecular weight is 308 g/mol. The first-order chi connectivity index (χ1) is 10.1. The predicted molar refractivity (Wildman–Crippen MR) is 92.2 cm³/mol. The number of hydrogen-bond donors (Lipinski definition) is 1. The fraction of sp³-hybridized carbons (Fsp3) is 0.667. The second kappa shape index (κ2) is 8.09. The van der Waals surface area contributed by atoms with Crippen LogP contribution in [0.25, 0.3) is 0 Å². The van der Waals surface area contributed by atoms with E-state index in [9.17, 15) is 4.21 Å². The highest BCUT2D eigenvalue weighted by molar-refractivity contribution is 7.85. The molecule has 0 bridgehead atoms. The van der Waals surface area contributed by atoms with Crippen molar-refractivity contribution in [3.63, 3.8) is 0 Å².